The molecule has 0 aliphatic carbocycles. The lowest BCUT2D eigenvalue weighted by molar-refractivity contribution is 0.644. The molecule has 0 saturated carbocycles. The second-order valence-electron chi connectivity index (χ2n) is 2.15. The Labute approximate surface area is 57.9 Å². The first-order chi connectivity index (χ1) is 4.47. The van der Waals surface area contributed by atoms with Crippen LogP contribution in [0.2, 0.25) is 0 Å². The van der Waals surface area contributed by atoms with E-state index in [1.807, 2.05) is 5.51 Å². The van der Waals surface area contributed by atoms with Crippen molar-refractivity contribution < 1.29 is 0 Å². The molecule has 1 aromatic rings. The highest BCUT2D eigenvalue weighted by molar-refractivity contribution is 7.09. The molecule has 3 heteroatoms. The lowest BCUT2D eigenvalue weighted by atomic mass is 10.2. The Bertz CT molecular complexity index is 186. The first-order valence-electron chi connectivity index (χ1n) is 3.09. The summed E-state index contributed by atoms with van der Waals surface area (Å²) >= 11 is 1.75. The van der Waals surface area contributed by atoms with E-state index in [1.165, 1.54) is 10.6 Å². The maximum atomic E-state index is 4.24. The molecule has 0 unspecified atom stereocenters. The van der Waals surface area contributed by atoms with Crippen LogP contribution in [0, 0.1) is 0 Å². The number of rotatable bonds is 0. The monoisotopic (exact) mass is 140 g/mol. The molecule has 0 atom stereocenters. The molecular formula is C6H8N2S. The molecule has 1 aromatic heterocycles. The third-order valence-electron chi connectivity index (χ3n) is 1.55. The topological polar surface area (TPSA) is 24.9 Å². The molecule has 0 bridgehead atoms. The van der Waals surface area contributed by atoms with Gasteiger partial charge in [0, 0.05) is 24.4 Å². The Hall–Kier alpha value is -0.410. The molecule has 0 radical (unpaired) electrons. The second-order valence-corrected chi connectivity index (χ2v) is 3.09. The Balaban J connectivity index is 2.39. The van der Waals surface area contributed by atoms with Crippen molar-refractivity contribution >= 4 is 11.3 Å². The number of hydrogen-bond acceptors (Lipinski definition) is 3. The van der Waals surface area contributed by atoms with Crippen molar-refractivity contribution in [3.05, 3.63) is 16.1 Å². The maximum absolute atomic E-state index is 4.24. The lowest BCUT2D eigenvalue weighted by Crippen LogP contribution is -2.22. The fourth-order valence-corrected chi connectivity index (χ4v) is 1.83. The summed E-state index contributed by atoms with van der Waals surface area (Å²) in [5.41, 5.74) is 3.23. The Kier molecular flexibility index (Phi) is 1.24. The van der Waals surface area contributed by atoms with E-state index in [2.05, 4.69) is 10.3 Å². The van der Waals surface area contributed by atoms with E-state index in [-0.39, 0.29) is 0 Å². The van der Waals surface area contributed by atoms with Crippen LogP contribution in [0.4, 0.5) is 0 Å². The van der Waals surface area contributed by atoms with Crippen LogP contribution >= 0.6 is 11.3 Å². The molecule has 2 rings (SSSR count). The van der Waals surface area contributed by atoms with E-state index in [0.29, 0.717) is 0 Å². The number of fused-ring (bicyclic) bond motifs is 1. The number of aromatic nitrogens is 1. The van der Waals surface area contributed by atoms with Crippen LogP contribution < -0.4 is 5.32 Å². The zero-order chi connectivity index (χ0) is 6.10. The van der Waals surface area contributed by atoms with E-state index in [9.17, 15) is 0 Å². The number of nitrogens with one attached hydrogen (secondary N) is 1. The fraction of sp³-hybridized carbons (Fsp3) is 0.500. The molecule has 0 aromatic carbocycles. The predicted octanol–water partition coefficient (Wildman–Crippen LogP) is 0.789. The van der Waals surface area contributed by atoms with Gasteiger partial charge in [0.25, 0.3) is 0 Å². The molecule has 48 valence electrons. The van der Waals surface area contributed by atoms with Gasteiger partial charge in [-0.1, -0.05) is 0 Å². The summed E-state index contributed by atoms with van der Waals surface area (Å²) in [6, 6.07) is 0. The molecule has 1 aliphatic rings. The van der Waals surface area contributed by atoms with Crippen LogP contribution in [0.5, 0.6) is 0 Å². The van der Waals surface area contributed by atoms with Crippen molar-refractivity contribution in [1.82, 2.24) is 10.3 Å². The summed E-state index contributed by atoms with van der Waals surface area (Å²) < 4.78 is 0. The van der Waals surface area contributed by atoms with Crippen molar-refractivity contribution in [2.45, 2.75) is 13.0 Å². The van der Waals surface area contributed by atoms with E-state index < -0.39 is 0 Å². The zero-order valence-electron chi connectivity index (χ0n) is 5.05. The van der Waals surface area contributed by atoms with Crippen LogP contribution in [0.25, 0.3) is 0 Å². The summed E-state index contributed by atoms with van der Waals surface area (Å²) in [5, 5.41) is 3.30. The summed E-state index contributed by atoms with van der Waals surface area (Å²) in [6.07, 6.45) is 1.11. The van der Waals surface area contributed by atoms with Crippen molar-refractivity contribution in [3.8, 4) is 0 Å². The highest BCUT2D eigenvalue weighted by Crippen LogP contribution is 2.15. The summed E-state index contributed by atoms with van der Waals surface area (Å²) in [6.45, 7) is 2.12. The number of nitrogens with zero attached hydrogens (tertiary/aromatic N) is 1. The maximum Gasteiger partial charge on any atom is 0.0798 e. The average Bonchev–Trinajstić information content (AvgIpc) is 2.33. The molecule has 9 heavy (non-hydrogen) atoms. The van der Waals surface area contributed by atoms with Gasteiger partial charge in [0.1, 0.15) is 0 Å². The third-order valence-corrected chi connectivity index (χ3v) is 2.42. The molecule has 1 aliphatic heterocycles. The molecule has 0 amide bonds. The largest absolute Gasteiger partial charge is 0.311 e. The van der Waals surface area contributed by atoms with Gasteiger partial charge in [-0.05, 0) is 0 Å². The van der Waals surface area contributed by atoms with E-state index >= 15 is 0 Å². The lowest BCUT2D eigenvalue weighted by Gasteiger charge is -2.09. The van der Waals surface area contributed by atoms with Crippen molar-refractivity contribution in [2.24, 2.45) is 0 Å². The van der Waals surface area contributed by atoms with Gasteiger partial charge >= 0.3 is 0 Å². The minimum Gasteiger partial charge on any atom is -0.311 e. The van der Waals surface area contributed by atoms with Crippen LogP contribution in [-0.2, 0) is 13.0 Å². The fourth-order valence-electron chi connectivity index (χ4n) is 1.05. The average molecular weight is 140 g/mol. The van der Waals surface area contributed by atoms with E-state index in [0.717, 1.165) is 19.5 Å². The SMILES string of the molecule is c1nc2c(s1)CNCC2. The van der Waals surface area contributed by atoms with Gasteiger partial charge in [-0.3, -0.25) is 0 Å². The van der Waals surface area contributed by atoms with Gasteiger partial charge in [-0.2, -0.15) is 0 Å². The van der Waals surface area contributed by atoms with E-state index in [1.54, 1.807) is 11.3 Å². The Morgan fingerprint density at radius 3 is 3.56 bits per heavy atom. The predicted molar refractivity (Wildman–Crippen MR) is 37.5 cm³/mol. The molecule has 2 heterocycles. The van der Waals surface area contributed by atoms with Crippen molar-refractivity contribution in [2.75, 3.05) is 6.54 Å². The summed E-state index contributed by atoms with van der Waals surface area (Å²) in [7, 11) is 0. The molecule has 2 nitrogen and oxygen atoms in total. The molecule has 1 N–H and O–H groups in total. The minimum atomic E-state index is 1.03. The Morgan fingerprint density at radius 2 is 2.67 bits per heavy atom. The first kappa shape index (κ1) is 5.38. The highest BCUT2D eigenvalue weighted by atomic mass is 32.1. The third kappa shape index (κ3) is 0.862. The standard InChI is InChI=1S/C6H8N2S/c1-2-7-3-6-5(1)8-4-9-6/h4,7H,1-3H2. The van der Waals surface area contributed by atoms with Gasteiger partial charge in [0.2, 0.25) is 0 Å². The molecule has 0 spiro atoms. The van der Waals surface area contributed by atoms with Gasteiger partial charge in [-0.15, -0.1) is 11.3 Å². The summed E-state index contributed by atoms with van der Waals surface area (Å²) in [4.78, 5) is 5.65. The van der Waals surface area contributed by atoms with Crippen LogP contribution in [0.3, 0.4) is 0 Å². The minimum absolute atomic E-state index is 1.03. The second kappa shape index (κ2) is 2.08. The molecular weight excluding hydrogens is 132 g/mol. The molecule has 0 saturated heterocycles. The normalized spacial score (nSPS) is 17.3. The molecule has 0 fully saturated rings. The van der Waals surface area contributed by atoms with E-state index in [4.69, 9.17) is 0 Å². The zero-order valence-corrected chi connectivity index (χ0v) is 5.87. The Morgan fingerprint density at radius 1 is 1.67 bits per heavy atom. The van der Waals surface area contributed by atoms with Gasteiger partial charge in [0.05, 0.1) is 11.2 Å². The van der Waals surface area contributed by atoms with Crippen molar-refractivity contribution in [3.63, 3.8) is 0 Å². The number of thiazole rings is 1. The van der Waals surface area contributed by atoms with Crippen LogP contribution in [-0.4, -0.2) is 11.5 Å². The van der Waals surface area contributed by atoms with Gasteiger partial charge in [0.15, 0.2) is 0 Å². The van der Waals surface area contributed by atoms with Gasteiger partial charge < -0.3 is 5.32 Å². The van der Waals surface area contributed by atoms with Gasteiger partial charge in [-0.25, -0.2) is 4.98 Å². The smallest absolute Gasteiger partial charge is 0.0798 e. The number of hydrogen-bond donors (Lipinski definition) is 1. The summed E-state index contributed by atoms with van der Waals surface area (Å²) in [5.74, 6) is 0. The van der Waals surface area contributed by atoms with Crippen molar-refractivity contribution in [1.29, 1.82) is 0 Å². The first-order valence-corrected chi connectivity index (χ1v) is 3.97. The quantitative estimate of drug-likeness (QED) is 0.576. The highest BCUT2D eigenvalue weighted by Gasteiger charge is 2.09. The van der Waals surface area contributed by atoms with Crippen LogP contribution in [0.15, 0.2) is 5.51 Å². The van der Waals surface area contributed by atoms with Crippen LogP contribution in [0.1, 0.15) is 10.6 Å².